The molecule has 1 unspecified atom stereocenters. The topological polar surface area (TPSA) is 29.1 Å². The number of benzene rings is 2. The molecule has 2 aromatic carbocycles. The van der Waals surface area contributed by atoms with Gasteiger partial charge in [0.2, 0.25) is 5.91 Å². The molecule has 21 heavy (non-hydrogen) atoms. The average molecular weight is 350 g/mol. The van der Waals surface area contributed by atoms with Crippen LogP contribution in [0.15, 0.2) is 59.1 Å². The number of aryl methyl sites for hydroxylation is 1. The Labute approximate surface area is 132 Å². The number of hydrogen-bond donors (Lipinski definition) is 1. The Kier molecular flexibility index (Phi) is 5.93. The van der Waals surface area contributed by atoms with Crippen LogP contribution < -0.4 is 5.32 Å². The first-order valence-corrected chi connectivity index (χ1v) is 7.66. The third-order valence-electron chi connectivity index (χ3n) is 3.12. The van der Waals surface area contributed by atoms with Crippen LogP contribution in [0.1, 0.15) is 18.4 Å². The Hall–Kier alpha value is -1.68. The molecule has 0 saturated heterocycles. The number of carbonyl (C=O) groups is 1. The molecule has 0 aliphatic carbocycles. The number of amides is 1. The molecule has 0 radical (unpaired) electrons. The highest BCUT2D eigenvalue weighted by Crippen LogP contribution is 2.15. The molecule has 1 N–H and O–H groups in total. The van der Waals surface area contributed by atoms with Gasteiger partial charge < -0.3 is 5.32 Å². The quantitative estimate of drug-likeness (QED) is 0.800. The minimum atomic E-state index is -1.12. The van der Waals surface area contributed by atoms with E-state index in [1.165, 1.54) is 0 Å². The molecule has 0 fully saturated rings. The molecule has 1 amide bonds. The monoisotopic (exact) mass is 349 g/mol. The summed E-state index contributed by atoms with van der Waals surface area (Å²) in [6.07, 6.45) is -0.227. The lowest BCUT2D eigenvalue weighted by atomic mass is 10.1. The third kappa shape index (κ3) is 5.68. The van der Waals surface area contributed by atoms with Crippen molar-refractivity contribution in [2.24, 2.45) is 0 Å². The van der Waals surface area contributed by atoms with Gasteiger partial charge in [-0.25, -0.2) is 4.39 Å². The van der Waals surface area contributed by atoms with E-state index < -0.39 is 6.17 Å². The number of halogens is 2. The van der Waals surface area contributed by atoms with Crippen molar-refractivity contribution in [1.29, 1.82) is 0 Å². The van der Waals surface area contributed by atoms with Gasteiger partial charge in [0.1, 0.15) is 6.17 Å². The predicted octanol–water partition coefficient (Wildman–Crippen LogP) is 4.75. The Bertz CT molecular complexity index is 571. The first kappa shape index (κ1) is 15.7. The first-order chi connectivity index (χ1) is 10.1. The van der Waals surface area contributed by atoms with E-state index >= 15 is 0 Å². The summed E-state index contributed by atoms with van der Waals surface area (Å²) in [5, 5.41) is 2.70. The van der Waals surface area contributed by atoms with Crippen molar-refractivity contribution < 1.29 is 9.18 Å². The summed E-state index contributed by atoms with van der Waals surface area (Å²) in [6.45, 7) is 0. The van der Waals surface area contributed by atoms with E-state index in [4.69, 9.17) is 0 Å². The van der Waals surface area contributed by atoms with E-state index in [2.05, 4.69) is 21.2 Å². The Morgan fingerprint density at radius 1 is 1.10 bits per heavy atom. The number of nitrogens with one attached hydrogen (secondary N) is 1. The van der Waals surface area contributed by atoms with Crippen LogP contribution in [-0.4, -0.2) is 12.1 Å². The maximum Gasteiger partial charge on any atom is 0.227 e. The maximum atomic E-state index is 13.8. The van der Waals surface area contributed by atoms with Crippen LogP contribution in [0.25, 0.3) is 0 Å². The molecule has 0 aliphatic rings. The molecule has 0 bridgehead atoms. The summed E-state index contributed by atoms with van der Waals surface area (Å²) in [7, 11) is 0. The summed E-state index contributed by atoms with van der Waals surface area (Å²) in [5.41, 5.74) is 1.77. The van der Waals surface area contributed by atoms with Crippen molar-refractivity contribution in [3.05, 3.63) is 64.6 Å². The van der Waals surface area contributed by atoms with Crippen molar-refractivity contribution in [2.75, 3.05) is 5.32 Å². The molecule has 1 atom stereocenters. The summed E-state index contributed by atoms with van der Waals surface area (Å²) < 4.78 is 14.8. The van der Waals surface area contributed by atoms with E-state index in [9.17, 15) is 9.18 Å². The van der Waals surface area contributed by atoms with Gasteiger partial charge in [-0.3, -0.25) is 4.79 Å². The third-order valence-corrected chi connectivity index (χ3v) is 3.65. The van der Waals surface area contributed by atoms with Crippen LogP contribution in [0.4, 0.5) is 10.1 Å². The normalized spacial score (nSPS) is 11.9. The Balaban J connectivity index is 1.75. The van der Waals surface area contributed by atoms with Crippen molar-refractivity contribution in [2.45, 2.75) is 25.4 Å². The second kappa shape index (κ2) is 7.93. The average Bonchev–Trinajstić information content (AvgIpc) is 2.48. The zero-order chi connectivity index (χ0) is 15.1. The van der Waals surface area contributed by atoms with Crippen LogP contribution in [0.5, 0.6) is 0 Å². The van der Waals surface area contributed by atoms with Crippen molar-refractivity contribution in [3.8, 4) is 0 Å². The fraction of sp³-hybridized carbons (Fsp3) is 0.235. The molecular weight excluding hydrogens is 333 g/mol. The van der Waals surface area contributed by atoms with Gasteiger partial charge in [-0.2, -0.15) is 0 Å². The van der Waals surface area contributed by atoms with Crippen LogP contribution in [-0.2, 0) is 11.2 Å². The lowest BCUT2D eigenvalue weighted by Gasteiger charge is -2.09. The first-order valence-electron chi connectivity index (χ1n) is 6.87. The predicted molar refractivity (Wildman–Crippen MR) is 87.0 cm³/mol. The van der Waals surface area contributed by atoms with E-state index in [1.807, 2.05) is 42.5 Å². The number of hydrogen-bond acceptors (Lipinski definition) is 1. The summed E-state index contributed by atoms with van der Waals surface area (Å²) in [4.78, 5) is 11.8. The van der Waals surface area contributed by atoms with Gasteiger partial charge in [0.25, 0.3) is 0 Å². The molecule has 110 valence electrons. The van der Waals surface area contributed by atoms with Crippen molar-refractivity contribution in [3.63, 3.8) is 0 Å². The summed E-state index contributed by atoms with van der Waals surface area (Å²) >= 11 is 3.32. The van der Waals surface area contributed by atoms with Gasteiger partial charge in [-0.05, 0) is 42.7 Å². The van der Waals surface area contributed by atoms with Gasteiger partial charge in [-0.1, -0.05) is 46.3 Å². The fourth-order valence-corrected chi connectivity index (χ4v) is 2.28. The second-order valence-electron chi connectivity index (χ2n) is 4.88. The number of rotatable bonds is 6. The van der Waals surface area contributed by atoms with Crippen molar-refractivity contribution in [1.82, 2.24) is 0 Å². The minimum absolute atomic E-state index is 0.108. The molecular formula is C17H17BrFNO. The molecule has 4 heteroatoms. The van der Waals surface area contributed by atoms with E-state index in [-0.39, 0.29) is 12.3 Å². The highest BCUT2D eigenvalue weighted by molar-refractivity contribution is 9.10. The maximum absolute atomic E-state index is 13.8. The molecule has 0 saturated carbocycles. The van der Waals surface area contributed by atoms with Crippen LogP contribution >= 0.6 is 15.9 Å². The van der Waals surface area contributed by atoms with E-state index in [1.54, 1.807) is 12.1 Å². The SMILES string of the molecule is O=C(CC(F)CCc1ccccc1)Nc1ccc(Br)cc1. The minimum Gasteiger partial charge on any atom is -0.326 e. The smallest absolute Gasteiger partial charge is 0.227 e. The van der Waals surface area contributed by atoms with Gasteiger partial charge in [0, 0.05) is 10.2 Å². The van der Waals surface area contributed by atoms with Crippen LogP contribution in [0.2, 0.25) is 0 Å². The largest absolute Gasteiger partial charge is 0.326 e. The highest BCUT2D eigenvalue weighted by atomic mass is 79.9. The Morgan fingerprint density at radius 3 is 2.43 bits per heavy atom. The number of anilines is 1. The van der Waals surface area contributed by atoms with Gasteiger partial charge in [0.05, 0.1) is 6.42 Å². The summed E-state index contributed by atoms with van der Waals surface area (Å²) in [5.74, 6) is -0.294. The van der Waals surface area contributed by atoms with Gasteiger partial charge in [0.15, 0.2) is 0 Å². The number of alkyl halides is 1. The second-order valence-corrected chi connectivity index (χ2v) is 5.80. The molecule has 0 aromatic heterocycles. The molecule has 0 aliphatic heterocycles. The summed E-state index contributed by atoms with van der Waals surface area (Å²) in [6, 6.07) is 16.9. The van der Waals surface area contributed by atoms with Crippen LogP contribution in [0, 0.1) is 0 Å². The number of carbonyl (C=O) groups excluding carboxylic acids is 1. The molecule has 2 aromatic rings. The zero-order valence-corrected chi connectivity index (χ0v) is 13.1. The zero-order valence-electron chi connectivity index (χ0n) is 11.6. The lowest BCUT2D eigenvalue weighted by Crippen LogP contribution is -2.17. The fourth-order valence-electron chi connectivity index (χ4n) is 2.02. The molecule has 2 rings (SSSR count). The molecule has 0 heterocycles. The molecule has 2 nitrogen and oxygen atoms in total. The standard InChI is InChI=1S/C17H17BrFNO/c18-14-7-10-16(11-8-14)20-17(21)12-15(19)9-6-13-4-2-1-3-5-13/h1-5,7-8,10-11,15H,6,9,12H2,(H,20,21). The van der Waals surface area contributed by atoms with Gasteiger partial charge >= 0.3 is 0 Å². The highest BCUT2D eigenvalue weighted by Gasteiger charge is 2.13. The van der Waals surface area contributed by atoms with E-state index in [0.29, 0.717) is 18.5 Å². The van der Waals surface area contributed by atoms with E-state index in [0.717, 1.165) is 10.0 Å². The van der Waals surface area contributed by atoms with Crippen LogP contribution in [0.3, 0.4) is 0 Å². The van der Waals surface area contributed by atoms with Gasteiger partial charge in [-0.15, -0.1) is 0 Å². The lowest BCUT2D eigenvalue weighted by molar-refractivity contribution is -0.117. The molecule has 0 spiro atoms. The van der Waals surface area contributed by atoms with Crippen molar-refractivity contribution >= 4 is 27.5 Å². The Morgan fingerprint density at radius 2 is 1.76 bits per heavy atom.